The number of ether oxygens (including phenoxy) is 2. The lowest BCUT2D eigenvalue weighted by Crippen LogP contribution is -2.43. The third kappa shape index (κ3) is 4.77. The number of thiophene rings is 1. The van der Waals surface area contributed by atoms with Gasteiger partial charge in [-0.1, -0.05) is 0 Å². The molecule has 0 saturated carbocycles. The molecule has 0 aromatic carbocycles. The van der Waals surface area contributed by atoms with E-state index in [0.717, 1.165) is 25.0 Å². The van der Waals surface area contributed by atoms with Crippen molar-refractivity contribution in [1.82, 2.24) is 10.2 Å². The molecule has 5 nitrogen and oxygen atoms in total. The molecule has 1 aliphatic heterocycles. The predicted octanol–water partition coefficient (Wildman–Crippen LogP) is 2.09. The fourth-order valence-electron chi connectivity index (χ4n) is 2.18. The number of methoxy groups -OCH3 is 1. The SMILES string of the molecule is COCCN(Cc1ccsc1)C(=O)NC[C@H]1CCCO1. The number of nitrogens with zero attached hydrogens (tertiary/aromatic N) is 1. The van der Waals surface area contributed by atoms with Crippen molar-refractivity contribution in [1.29, 1.82) is 0 Å². The van der Waals surface area contributed by atoms with E-state index in [0.29, 0.717) is 26.2 Å². The minimum atomic E-state index is -0.0521. The van der Waals surface area contributed by atoms with Gasteiger partial charge >= 0.3 is 6.03 Å². The van der Waals surface area contributed by atoms with Gasteiger partial charge in [-0.05, 0) is 35.2 Å². The van der Waals surface area contributed by atoms with E-state index in [9.17, 15) is 4.79 Å². The van der Waals surface area contributed by atoms with Gasteiger partial charge in [-0.3, -0.25) is 0 Å². The van der Waals surface area contributed by atoms with Crippen LogP contribution in [0.4, 0.5) is 4.79 Å². The van der Waals surface area contributed by atoms with Crippen molar-refractivity contribution >= 4 is 17.4 Å². The number of carbonyl (C=O) groups excluding carboxylic acids is 1. The normalized spacial score (nSPS) is 18.1. The second-order valence-corrected chi connectivity index (χ2v) is 5.65. The zero-order valence-electron chi connectivity index (χ0n) is 11.8. The highest BCUT2D eigenvalue weighted by Crippen LogP contribution is 2.12. The van der Waals surface area contributed by atoms with Crippen molar-refractivity contribution < 1.29 is 14.3 Å². The number of hydrogen-bond acceptors (Lipinski definition) is 4. The number of rotatable bonds is 7. The van der Waals surface area contributed by atoms with E-state index in [4.69, 9.17) is 9.47 Å². The first-order chi connectivity index (χ1) is 9.79. The lowest BCUT2D eigenvalue weighted by Gasteiger charge is -2.23. The van der Waals surface area contributed by atoms with Crippen molar-refractivity contribution in [3.8, 4) is 0 Å². The Morgan fingerprint density at radius 2 is 2.55 bits per heavy atom. The predicted molar refractivity (Wildman–Crippen MR) is 79.0 cm³/mol. The van der Waals surface area contributed by atoms with Crippen LogP contribution in [-0.4, -0.2) is 50.4 Å². The Balaban J connectivity index is 1.82. The zero-order valence-corrected chi connectivity index (χ0v) is 12.7. The van der Waals surface area contributed by atoms with Gasteiger partial charge in [0.15, 0.2) is 0 Å². The fraction of sp³-hybridized carbons (Fsp3) is 0.643. The van der Waals surface area contributed by atoms with E-state index in [1.165, 1.54) is 0 Å². The summed E-state index contributed by atoms with van der Waals surface area (Å²) in [6.45, 7) is 3.14. The van der Waals surface area contributed by atoms with Gasteiger partial charge in [0.2, 0.25) is 0 Å². The molecule has 1 fully saturated rings. The summed E-state index contributed by atoms with van der Waals surface area (Å²) in [6, 6.07) is 1.99. The van der Waals surface area contributed by atoms with Gasteiger partial charge in [0.25, 0.3) is 0 Å². The van der Waals surface area contributed by atoms with Crippen molar-refractivity contribution in [2.24, 2.45) is 0 Å². The molecule has 1 atom stereocenters. The molecule has 6 heteroatoms. The van der Waals surface area contributed by atoms with Crippen LogP contribution in [0.3, 0.4) is 0 Å². The van der Waals surface area contributed by atoms with Crippen LogP contribution in [-0.2, 0) is 16.0 Å². The molecular formula is C14H22N2O3S. The molecule has 112 valence electrons. The summed E-state index contributed by atoms with van der Waals surface area (Å²) >= 11 is 1.64. The zero-order chi connectivity index (χ0) is 14.2. The molecule has 0 radical (unpaired) electrons. The van der Waals surface area contributed by atoms with Crippen molar-refractivity contribution in [2.45, 2.75) is 25.5 Å². The number of nitrogens with one attached hydrogen (secondary N) is 1. The molecule has 20 heavy (non-hydrogen) atoms. The molecule has 1 N–H and O–H groups in total. The van der Waals surface area contributed by atoms with Gasteiger partial charge in [0.05, 0.1) is 12.7 Å². The van der Waals surface area contributed by atoms with E-state index in [2.05, 4.69) is 10.7 Å². The highest BCUT2D eigenvalue weighted by atomic mass is 32.1. The molecule has 0 spiro atoms. The minimum absolute atomic E-state index is 0.0521. The second-order valence-electron chi connectivity index (χ2n) is 4.87. The Bertz CT molecular complexity index is 391. The molecule has 1 aromatic heterocycles. The van der Waals surface area contributed by atoms with Gasteiger partial charge in [0.1, 0.15) is 0 Å². The molecule has 1 saturated heterocycles. The first-order valence-corrected chi connectivity index (χ1v) is 7.88. The summed E-state index contributed by atoms with van der Waals surface area (Å²) in [5.74, 6) is 0. The maximum atomic E-state index is 12.2. The molecule has 0 unspecified atom stereocenters. The average Bonchev–Trinajstić information content (AvgIpc) is 3.13. The highest BCUT2D eigenvalue weighted by Gasteiger charge is 2.19. The maximum Gasteiger partial charge on any atom is 0.317 e. The van der Waals surface area contributed by atoms with Crippen LogP contribution in [0.2, 0.25) is 0 Å². The standard InChI is InChI=1S/C14H22N2O3S/c1-18-7-5-16(10-12-4-8-20-11-12)14(17)15-9-13-3-2-6-19-13/h4,8,11,13H,2-3,5-7,9-10H2,1H3,(H,15,17)/t13-/m1/s1. The molecule has 2 amide bonds. The van der Waals surface area contributed by atoms with Gasteiger partial charge in [-0.2, -0.15) is 11.3 Å². The number of carbonyl (C=O) groups is 1. The molecule has 1 aromatic rings. The lowest BCUT2D eigenvalue weighted by molar-refractivity contribution is 0.106. The molecule has 0 aliphatic carbocycles. The molecule has 0 bridgehead atoms. The summed E-state index contributed by atoms with van der Waals surface area (Å²) in [7, 11) is 1.65. The van der Waals surface area contributed by atoms with Crippen molar-refractivity contribution in [2.75, 3.05) is 33.4 Å². The van der Waals surface area contributed by atoms with E-state index in [1.807, 2.05) is 11.4 Å². The maximum absolute atomic E-state index is 12.2. The van der Waals surface area contributed by atoms with Crippen LogP contribution in [0.1, 0.15) is 18.4 Å². The molecule has 2 rings (SSSR count). The number of urea groups is 1. The highest BCUT2D eigenvalue weighted by molar-refractivity contribution is 7.07. The van der Waals surface area contributed by atoms with Gasteiger partial charge in [0, 0.05) is 33.4 Å². The van der Waals surface area contributed by atoms with Crippen LogP contribution < -0.4 is 5.32 Å². The molecule has 1 aliphatic rings. The van der Waals surface area contributed by atoms with E-state index in [-0.39, 0.29) is 12.1 Å². The number of hydrogen-bond donors (Lipinski definition) is 1. The Kier molecular flexibility index (Phi) is 6.29. The smallest absolute Gasteiger partial charge is 0.317 e. The summed E-state index contributed by atoms with van der Waals surface area (Å²) in [5, 5.41) is 7.04. The average molecular weight is 298 g/mol. The Morgan fingerprint density at radius 1 is 1.65 bits per heavy atom. The van der Waals surface area contributed by atoms with Crippen LogP contribution in [0, 0.1) is 0 Å². The van der Waals surface area contributed by atoms with E-state index >= 15 is 0 Å². The van der Waals surface area contributed by atoms with Crippen LogP contribution in [0.25, 0.3) is 0 Å². The van der Waals surface area contributed by atoms with Crippen LogP contribution in [0.5, 0.6) is 0 Å². The largest absolute Gasteiger partial charge is 0.383 e. The summed E-state index contributed by atoms with van der Waals surface area (Å²) in [4.78, 5) is 14.0. The second kappa shape index (κ2) is 8.24. The molecule has 2 heterocycles. The Hall–Kier alpha value is -1.11. The third-order valence-corrected chi connectivity index (χ3v) is 4.04. The summed E-state index contributed by atoms with van der Waals surface area (Å²) < 4.78 is 10.6. The number of amides is 2. The monoisotopic (exact) mass is 298 g/mol. The van der Waals surface area contributed by atoms with Gasteiger partial charge in [-0.25, -0.2) is 4.79 Å². The van der Waals surface area contributed by atoms with Crippen molar-refractivity contribution in [3.05, 3.63) is 22.4 Å². The van der Waals surface area contributed by atoms with Crippen LogP contribution in [0.15, 0.2) is 16.8 Å². The fourth-order valence-corrected chi connectivity index (χ4v) is 2.83. The topological polar surface area (TPSA) is 50.8 Å². The quantitative estimate of drug-likeness (QED) is 0.838. The Morgan fingerprint density at radius 3 is 3.20 bits per heavy atom. The first-order valence-electron chi connectivity index (χ1n) is 6.94. The Labute approximate surface area is 123 Å². The van der Waals surface area contributed by atoms with Gasteiger partial charge in [-0.15, -0.1) is 0 Å². The van der Waals surface area contributed by atoms with Crippen molar-refractivity contribution in [3.63, 3.8) is 0 Å². The lowest BCUT2D eigenvalue weighted by atomic mass is 10.2. The summed E-state index contributed by atoms with van der Waals surface area (Å²) in [6.07, 6.45) is 2.29. The van der Waals surface area contributed by atoms with Gasteiger partial charge < -0.3 is 19.7 Å². The third-order valence-electron chi connectivity index (χ3n) is 3.31. The molecular weight excluding hydrogens is 276 g/mol. The minimum Gasteiger partial charge on any atom is -0.383 e. The van der Waals surface area contributed by atoms with E-state index < -0.39 is 0 Å². The van der Waals surface area contributed by atoms with E-state index in [1.54, 1.807) is 23.3 Å². The van der Waals surface area contributed by atoms with Crippen LogP contribution >= 0.6 is 11.3 Å². The first kappa shape index (κ1) is 15.3. The summed E-state index contributed by atoms with van der Waals surface area (Å²) in [5.41, 5.74) is 1.15.